The van der Waals surface area contributed by atoms with Gasteiger partial charge in [0.15, 0.2) is 0 Å². The van der Waals surface area contributed by atoms with Gasteiger partial charge in [0.2, 0.25) is 5.91 Å². The number of carbonyl (C=O) groups is 1. The van der Waals surface area contributed by atoms with Gasteiger partial charge in [-0.15, -0.1) is 0 Å². The molecule has 0 rings (SSSR count). The fraction of sp³-hybridized carbons (Fsp3) is 0.929. The minimum absolute atomic E-state index is 0.0186. The van der Waals surface area contributed by atoms with Crippen LogP contribution in [0.15, 0.2) is 12.2 Å². The predicted octanol–water partition coefficient (Wildman–Crippen LogP) is 11.7. The van der Waals surface area contributed by atoms with Gasteiger partial charge in [-0.05, 0) is 19.3 Å². The molecule has 3 unspecified atom stereocenters. The van der Waals surface area contributed by atoms with Crippen molar-refractivity contribution in [2.75, 3.05) is 6.61 Å². The summed E-state index contributed by atoms with van der Waals surface area (Å²) in [6.45, 7) is 4.22. The van der Waals surface area contributed by atoms with Crippen molar-refractivity contribution in [1.82, 2.24) is 5.32 Å². The van der Waals surface area contributed by atoms with Crippen LogP contribution in [0.1, 0.15) is 226 Å². The van der Waals surface area contributed by atoms with Crippen molar-refractivity contribution in [3.63, 3.8) is 0 Å². The monoisotopic (exact) mass is 666 g/mol. The van der Waals surface area contributed by atoms with Crippen LogP contribution < -0.4 is 5.32 Å². The van der Waals surface area contributed by atoms with E-state index in [4.69, 9.17) is 0 Å². The molecule has 0 aromatic rings. The molecule has 0 aromatic heterocycles. The fourth-order valence-corrected chi connectivity index (χ4v) is 6.58. The molecule has 5 heteroatoms. The average molecular weight is 666 g/mol. The highest BCUT2D eigenvalue weighted by Crippen LogP contribution is 2.16. The van der Waals surface area contributed by atoms with Crippen LogP contribution in [0.5, 0.6) is 0 Å². The lowest BCUT2D eigenvalue weighted by Crippen LogP contribution is -2.45. The van der Waals surface area contributed by atoms with Crippen molar-refractivity contribution >= 4 is 5.91 Å². The summed E-state index contributed by atoms with van der Waals surface area (Å²) in [6.07, 6.45) is 43.4. The molecule has 0 bridgehead atoms. The Morgan fingerprint density at radius 1 is 0.532 bits per heavy atom. The van der Waals surface area contributed by atoms with Gasteiger partial charge in [-0.25, -0.2) is 0 Å². The molecule has 5 nitrogen and oxygen atoms in total. The highest BCUT2D eigenvalue weighted by Gasteiger charge is 2.20. The molecule has 47 heavy (non-hydrogen) atoms. The maximum atomic E-state index is 12.4. The topological polar surface area (TPSA) is 89.8 Å². The maximum absolute atomic E-state index is 12.4. The molecule has 0 saturated carbocycles. The fourth-order valence-electron chi connectivity index (χ4n) is 6.58. The zero-order valence-corrected chi connectivity index (χ0v) is 31.7. The van der Waals surface area contributed by atoms with E-state index in [1.165, 1.54) is 173 Å². The van der Waals surface area contributed by atoms with Crippen LogP contribution in [0, 0.1) is 0 Å². The molecule has 0 radical (unpaired) electrons. The van der Waals surface area contributed by atoms with Gasteiger partial charge in [-0.1, -0.05) is 212 Å². The molecule has 280 valence electrons. The molecule has 0 saturated heterocycles. The van der Waals surface area contributed by atoms with Gasteiger partial charge < -0.3 is 20.6 Å². The number of hydrogen-bond acceptors (Lipinski definition) is 4. The summed E-state index contributed by atoms with van der Waals surface area (Å²) in [7, 11) is 0. The third kappa shape index (κ3) is 34.7. The third-order valence-corrected chi connectivity index (χ3v) is 9.82. The lowest BCUT2D eigenvalue weighted by molar-refractivity contribution is -0.124. The second-order valence-corrected chi connectivity index (χ2v) is 14.6. The van der Waals surface area contributed by atoms with Crippen molar-refractivity contribution in [3.8, 4) is 0 Å². The molecule has 0 heterocycles. The molecule has 0 aliphatic rings. The Labute approximate surface area is 293 Å². The first-order chi connectivity index (χ1) is 23.0. The number of amides is 1. The van der Waals surface area contributed by atoms with Crippen LogP contribution in [0.25, 0.3) is 0 Å². The van der Waals surface area contributed by atoms with E-state index in [2.05, 4.69) is 19.2 Å². The SMILES string of the molecule is CCCCCCCCCCCCCCCC/C=C/C(O)C(CO)NC(=O)CC(O)CCCCCCCCCCCCCCCCCC. The molecule has 0 spiro atoms. The number of allylic oxidation sites excluding steroid dienone is 1. The van der Waals surface area contributed by atoms with Crippen LogP contribution in [-0.4, -0.2) is 46.1 Å². The van der Waals surface area contributed by atoms with Crippen LogP contribution in [0.2, 0.25) is 0 Å². The third-order valence-electron chi connectivity index (χ3n) is 9.82. The Kier molecular flexibility index (Phi) is 37.2. The summed E-state index contributed by atoms with van der Waals surface area (Å²) in [4.78, 5) is 12.4. The number of rotatable bonds is 38. The van der Waals surface area contributed by atoms with Crippen LogP contribution >= 0.6 is 0 Å². The predicted molar refractivity (Wildman–Crippen MR) is 204 cm³/mol. The number of aliphatic hydroxyl groups is 3. The Hall–Kier alpha value is -0.910. The first-order valence-corrected chi connectivity index (χ1v) is 21.0. The Balaban J connectivity index is 3.66. The molecule has 0 aromatic carbocycles. The summed E-state index contributed by atoms with van der Waals surface area (Å²) >= 11 is 0. The van der Waals surface area contributed by atoms with E-state index < -0.39 is 18.2 Å². The van der Waals surface area contributed by atoms with Crippen molar-refractivity contribution in [1.29, 1.82) is 0 Å². The van der Waals surface area contributed by atoms with E-state index in [-0.39, 0.29) is 18.9 Å². The summed E-state index contributed by atoms with van der Waals surface area (Å²) < 4.78 is 0. The van der Waals surface area contributed by atoms with Crippen LogP contribution in [-0.2, 0) is 4.79 Å². The normalized spacial score (nSPS) is 13.7. The van der Waals surface area contributed by atoms with Crippen molar-refractivity contribution < 1.29 is 20.1 Å². The standard InChI is InChI=1S/C42H83NO4/c1-3-5-7-9-11-13-15-17-19-21-23-25-27-29-31-33-35-39(45)37-42(47)43-40(38-44)41(46)36-34-32-30-28-26-24-22-20-18-16-14-12-10-8-6-4-2/h34,36,39-41,44-46H,3-33,35,37-38H2,1-2H3,(H,43,47)/b36-34+. The van der Waals surface area contributed by atoms with Crippen molar-refractivity contribution in [2.24, 2.45) is 0 Å². The smallest absolute Gasteiger partial charge is 0.222 e. The van der Waals surface area contributed by atoms with Gasteiger partial charge in [-0.3, -0.25) is 4.79 Å². The van der Waals surface area contributed by atoms with E-state index in [0.29, 0.717) is 6.42 Å². The second kappa shape index (κ2) is 37.9. The average Bonchev–Trinajstić information content (AvgIpc) is 3.06. The van der Waals surface area contributed by atoms with E-state index in [0.717, 1.165) is 25.7 Å². The van der Waals surface area contributed by atoms with E-state index in [9.17, 15) is 20.1 Å². The first-order valence-electron chi connectivity index (χ1n) is 21.0. The van der Waals surface area contributed by atoms with Gasteiger partial charge >= 0.3 is 0 Å². The maximum Gasteiger partial charge on any atom is 0.222 e. The van der Waals surface area contributed by atoms with Crippen molar-refractivity contribution in [2.45, 2.75) is 244 Å². The Morgan fingerprint density at radius 3 is 1.23 bits per heavy atom. The number of aliphatic hydroxyl groups excluding tert-OH is 3. The molecular formula is C42H83NO4. The van der Waals surface area contributed by atoms with E-state index >= 15 is 0 Å². The Morgan fingerprint density at radius 2 is 0.872 bits per heavy atom. The van der Waals surface area contributed by atoms with Crippen molar-refractivity contribution in [3.05, 3.63) is 12.2 Å². The van der Waals surface area contributed by atoms with Gasteiger partial charge in [0.25, 0.3) is 0 Å². The molecule has 4 N–H and O–H groups in total. The summed E-state index contributed by atoms with van der Waals surface area (Å²) in [5.41, 5.74) is 0. The van der Waals surface area contributed by atoms with E-state index in [1.54, 1.807) is 6.08 Å². The van der Waals surface area contributed by atoms with Gasteiger partial charge in [0, 0.05) is 0 Å². The summed E-state index contributed by atoms with van der Waals surface area (Å²) in [5, 5.41) is 33.2. The minimum Gasteiger partial charge on any atom is -0.394 e. The molecular weight excluding hydrogens is 582 g/mol. The largest absolute Gasteiger partial charge is 0.394 e. The first kappa shape index (κ1) is 46.1. The highest BCUT2D eigenvalue weighted by atomic mass is 16.3. The Bertz CT molecular complexity index is 655. The molecule has 3 atom stereocenters. The zero-order chi connectivity index (χ0) is 34.5. The lowest BCUT2D eigenvalue weighted by Gasteiger charge is -2.21. The quantitative estimate of drug-likeness (QED) is 0.0390. The lowest BCUT2D eigenvalue weighted by atomic mass is 10.0. The van der Waals surface area contributed by atoms with Crippen LogP contribution in [0.4, 0.5) is 0 Å². The number of nitrogens with one attached hydrogen (secondary N) is 1. The number of hydrogen-bond donors (Lipinski definition) is 4. The summed E-state index contributed by atoms with van der Waals surface area (Å²) in [6, 6.07) is -0.738. The van der Waals surface area contributed by atoms with E-state index in [1.807, 2.05) is 6.08 Å². The minimum atomic E-state index is -0.923. The molecule has 0 aliphatic carbocycles. The molecule has 0 fully saturated rings. The molecule has 1 amide bonds. The number of carbonyl (C=O) groups excluding carboxylic acids is 1. The zero-order valence-electron chi connectivity index (χ0n) is 31.7. The summed E-state index contributed by atoms with van der Waals surface area (Å²) in [5.74, 6) is -0.313. The van der Waals surface area contributed by atoms with Gasteiger partial charge in [0.05, 0.1) is 31.3 Å². The van der Waals surface area contributed by atoms with Gasteiger partial charge in [0.1, 0.15) is 0 Å². The molecule has 0 aliphatic heterocycles. The van der Waals surface area contributed by atoms with Gasteiger partial charge in [-0.2, -0.15) is 0 Å². The highest BCUT2D eigenvalue weighted by molar-refractivity contribution is 5.76. The van der Waals surface area contributed by atoms with Crippen LogP contribution in [0.3, 0.4) is 0 Å². The number of unbranched alkanes of at least 4 members (excludes halogenated alkanes) is 29. The second-order valence-electron chi connectivity index (χ2n) is 14.6.